The Labute approximate surface area is 148 Å². The van der Waals surface area contributed by atoms with Gasteiger partial charge >= 0.3 is 5.97 Å². The third-order valence-electron chi connectivity index (χ3n) is 3.78. The fourth-order valence-electron chi connectivity index (χ4n) is 2.36. The minimum atomic E-state index is -0.533. The molecule has 0 aliphatic carbocycles. The summed E-state index contributed by atoms with van der Waals surface area (Å²) in [6.45, 7) is 1.65. The fraction of sp³-hybridized carbons (Fsp3) is 0.300. The molecule has 2 aromatic rings. The second-order valence-corrected chi connectivity index (χ2v) is 5.80. The molecule has 5 heteroatoms. The van der Waals surface area contributed by atoms with Crippen molar-refractivity contribution in [2.45, 2.75) is 25.8 Å². The number of esters is 1. The first kappa shape index (κ1) is 18.5. The van der Waals surface area contributed by atoms with Crippen LogP contribution in [0, 0.1) is 0 Å². The molecule has 2 rings (SSSR count). The maximum atomic E-state index is 11.9. The Balaban J connectivity index is 1.71. The first-order chi connectivity index (χ1) is 12.1. The van der Waals surface area contributed by atoms with Gasteiger partial charge in [-0.05, 0) is 49.6 Å². The Bertz CT molecular complexity index is 683. The molecular weight excluding hydrogens is 318 g/mol. The summed E-state index contributed by atoms with van der Waals surface area (Å²) in [7, 11) is 1.55. The second-order valence-electron chi connectivity index (χ2n) is 5.80. The number of carbonyl (C=O) groups excluding carboxylic acids is 2. The first-order valence-corrected chi connectivity index (χ1v) is 8.23. The number of hydrogen-bond acceptors (Lipinski definition) is 4. The molecule has 0 aliphatic rings. The zero-order chi connectivity index (χ0) is 18.1. The standard InChI is InChI=1S/C20H23NO4/c1-15(8-9-16-6-4-3-5-7-16)21-19(22)14-25-20(23)17-10-12-18(24-2)13-11-17/h3-7,10-13,15H,8-9,14H2,1-2H3,(H,21,22)/t15-/m0/s1. The minimum Gasteiger partial charge on any atom is -0.497 e. The molecule has 0 saturated heterocycles. The van der Waals surface area contributed by atoms with Gasteiger partial charge in [0.15, 0.2) is 6.61 Å². The molecule has 1 atom stereocenters. The maximum Gasteiger partial charge on any atom is 0.338 e. The third-order valence-corrected chi connectivity index (χ3v) is 3.78. The van der Waals surface area contributed by atoms with Crippen molar-refractivity contribution in [3.05, 3.63) is 65.7 Å². The molecule has 0 radical (unpaired) electrons. The van der Waals surface area contributed by atoms with Crippen LogP contribution in [0.1, 0.15) is 29.3 Å². The number of rotatable bonds is 8. The number of hydrogen-bond donors (Lipinski definition) is 1. The average Bonchev–Trinajstić information content (AvgIpc) is 2.65. The number of nitrogens with one attached hydrogen (secondary N) is 1. The lowest BCUT2D eigenvalue weighted by Crippen LogP contribution is -2.36. The highest BCUT2D eigenvalue weighted by atomic mass is 16.5. The van der Waals surface area contributed by atoms with Crippen molar-refractivity contribution in [3.63, 3.8) is 0 Å². The summed E-state index contributed by atoms with van der Waals surface area (Å²) in [4.78, 5) is 23.8. The van der Waals surface area contributed by atoms with Gasteiger partial charge in [0, 0.05) is 6.04 Å². The Hall–Kier alpha value is -2.82. The van der Waals surface area contributed by atoms with Crippen molar-refractivity contribution in [2.75, 3.05) is 13.7 Å². The molecule has 0 aromatic heterocycles. The van der Waals surface area contributed by atoms with E-state index in [9.17, 15) is 9.59 Å². The van der Waals surface area contributed by atoms with Crippen LogP contribution in [0.4, 0.5) is 0 Å². The van der Waals surface area contributed by atoms with Gasteiger partial charge in [0.2, 0.25) is 0 Å². The van der Waals surface area contributed by atoms with Gasteiger partial charge < -0.3 is 14.8 Å². The zero-order valence-corrected chi connectivity index (χ0v) is 14.5. The molecule has 5 nitrogen and oxygen atoms in total. The van der Waals surface area contributed by atoms with Gasteiger partial charge in [-0.1, -0.05) is 30.3 Å². The van der Waals surface area contributed by atoms with Crippen molar-refractivity contribution in [1.29, 1.82) is 0 Å². The van der Waals surface area contributed by atoms with Crippen LogP contribution in [-0.2, 0) is 16.0 Å². The van der Waals surface area contributed by atoms with Crippen molar-refractivity contribution in [2.24, 2.45) is 0 Å². The number of aryl methyl sites for hydroxylation is 1. The van der Waals surface area contributed by atoms with E-state index in [4.69, 9.17) is 9.47 Å². The SMILES string of the molecule is COc1ccc(C(=O)OCC(=O)N[C@@H](C)CCc2ccccc2)cc1. The molecule has 0 saturated carbocycles. The van der Waals surface area contributed by atoms with Crippen LogP contribution in [0.3, 0.4) is 0 Å². The zero-order valence-electron chi connectivity index (χ0n) is 14.5. The number of ether oxygens (including phenoxy) is 2. The number of methoxy groups -OCH3 is 1. The molecule has 132 valence electrons. The van der Waals surface area contributed by atoms with E-state index >= 15 is 0 Å². The van der Waals surface area contributed by atoms with Crippen molar-refractivity contribution in [1.82, 2.24) is 5.32 Å². The van der Waals surface area contributed by atoms with Crippen LogP contribution in [0.15, 0.2) is 54.6 Å². The van der Waals surface area contributed by atoms with E-state index in [1.165, 1.54) is 5.56 Å². The highest BCUT2D eigenvalue weighted by molar-refractivity contribution is 5.91. The highest BCUT2D eigenvalue weighted by Gasteiger charge is 2.12. The van der Waals surface area contributed by atoms with Gasteiger partial charge in [-0.25, -0.2) is 4.79 Å². The maximum absolute atomic E-state index is 11.9. The Kier molecular flexibility index (Phi) is 7.01. The Morgan fingerprint density at radius 2 is 1.72 bits per heavy atom. The second kappa shape index (κ2) is 9.47. The summed E-state index contributed by atoms with van der Waals surface area (Å²) in [6.07, 6.45) is 1.70. The van der Waals surface area contributed by atoms with Crippen LogP contribution in [-0.4, -0.2) is 31.6 Å². The van der Waals surface area contributed by atoms with Gasteiger partial charge in [-0.2, -0.15) is 0 Å². The molecule has 0 bridgehead atoms. The van der Waals surface area contributed by atoms with Crippen LogP contribution >= 0.6 is 0 Å². The normalized spacial score (nSPS) is 11.4. The highest BCUT2D eigenvalue weighted by Crippen LogP contribution is 2.12. The quantitative estimate of drug-likeness (QED) is 0.750. The first-order valence-electron chi connectivity index (χ1n) is 8.23. The lowest BCUT2D eigenvalue weighted by molar-refractivity contribution is -0.124. The molecule has 25 heavy (non-hydrogen) atoms. The number of amides is 1. The largest absolute Gasteiger partial charge is 0.497 e. The van der Waals surface area contributed by atoms with E-state index in [0.717, 1.165) is 12.8 Å². The molecule has 0 unspecified atom stereocenters. The van der Waals surface area contributed by atoms with Crippen LogP contribution < -0.4 is 10.1 Å². The third kappa shape index (κ3) is 6.30. The summed E-state index contributed by atoms with van der Waals surface area (Å²) >= 11 is 0. The molecule has 0 spiro atoms. The number of carbonyl (C=O) groups is 2. The topological polar surface area (TPSA) is 64.6 Å². The predicted molar refractivity (Wildman–Crippen MR) is 95.6 cm³/mol. The van der Waals surface area contributed by atoms with E-state index in [0.29, 0.717) is 11.3 Å². The van der Waals surface area contributed by atoms with Crippen LogP contribution in [0.5, 0.6) is 5.75 Å². The average molecular weight is 341 g/mol. The molecule has 0 aliphatic heterocycles. The molecule has 1 N–H and O–H groups in total. The lowest BCUT2D eigenvalue weighted by Gasteiger charge is -2.14. The van der Waals surface area contributed by atoms with Gasteiger partial charge in [0.1, 0.15) is 5.75 Å². The van der Waals surface area contributed by atoms with E-state index in [2.05, 4.69) is 17.4 Å². The van der Waals surface area contributed by atoms with Gasteiger partial charge in [0.25, 0.3) is 5.91 Å². The Morgan fingerprint density at radius 3 is 2.36 bits per heavy atom. The summed E-state index contributed by atoms with van der Waals surface area (Å²) in [5.41, 5.74) is 1.61. The van der Waals surface area contributed by atoms with Crippen molar-refractivity contribution < 1.29 is 19.1 Å². The van der Waals surface area contributed by atoms with E-state index in [1.807, 2.05) is 25.1 Å². The summed E-state index contributed by atoms with van der Waals surface area (Å²) in [5, 5.41) is 2.84. The number of benzene rings is 2. The Morgan fingerprint density at radius 1 is 1.04 bits per heavy atom. The summed E-state index contributed by atoms with van der Waals surface area (Å²) in [5.74, 6) is -0.182. The molecule has 1 amide bonds. The van der Waals surface area contributed by atoms with Gasteiger partial charge in [0.05, 0.1) is 12.7 Å². The van der Waals surface area contributed by atoms with E-state index in [-0.39, 0.29) is 18.6 Å². The van der Waals surface area contributed by atoms with Gasteiger partial charge in [-0.15, -0.1) is 0 Å². The fourth-order valence-corrected chi connectivity index (χ4v) is 2.36. The summed E-state index contributed by atoms with van der Waals surface area (Å²) in [6, 6.07) is 16.6. The molecular formula is C20H23NO4. The molecule has 2 aromatic carbocycles. The van der Waals surface area contributed by atoms with E-state index < -0.39 is 5.97 Å². The monoisotopic (exact) mass is 341 g/mol. The van der Waals surface area contributed by atoms with Crippen molar-refractivity contribution >= 4 is 11.9 Å². The van der Waals surface area contributed by atoms with Crippen LogP contribution in [0.2, 0.25) is 0 Å². The van der Waals surface area contributed by atoms with Crippen molar-refractivity contribution in [3.8, 4) is 5.75 Å². The lowest BCUT2D eigenvalue weighted by atomic mass is 10.1. The van der Waals surface area contributed by atoms with Gasteiger partial charge in [-0.3, -0.25) is 4.79 Å². The summed E-state index contributed by atoms with van der Waals surface area (Å²) < 4.78 is 10.1. The smallest absolute Gasteiger partial charge is 0.338 e. The van der Waals surface area contributed by atoms with Crippen LogP contribution in [0.25, 0.3) is 0 Å². The van der Waals surface area contributed by atoms with E-state index in [1.54, 1.807) is 31.4 Å². The molecule has 0 fully saturated rings. The predicted octanol–water partition coefficient (Wildman–Crippen LogP) is 2.99. The minimum absolute atomic E-state index is 0.00685. The molecule has 0 heterocycles.